The van der Waals surface area contributed by atoms with E-state index in [0.717, 1.165) is 17.5 Å². The third-order valence-electron chi connectivity index (χ3n) is 3.24. The number of aliphatic hydroxyl groups is 1. The Kier molecular flexibility index (Phi) is 5.91. The van der Waals surface area contributed by atoms with Crippen LogP contribution in [0, 0.1) is 11.3 Å². The summed E-state index contributed by atoms with van der Waals surface area (Å²) < 4.78 is 5.34. The smallest absolute Gasteiger partial charge is 0.191 e. The lowest BCUT2D eigenvalue weighted by Crippen LogP contribution is -2.16. The fourth-order valence-corrected chi connectivity index (χ4v) is 2.23. The van der Waals surface area contributed by atoms with Crippen molar-refractivity contribution in [2.24, 2.45) is 0 Å². The highest BCUT2D eigenvalue weighted by atomic mass is 16.6. The van der Waals surface area contributed by atoms with Crippen molar-refractivity contribution in [3.63, 3.8) is 0 Å². The van der Waals surface area contributed by atoms with Gasteiger partial charge >= 0.3 is 0 Å². The van der Waals surface area contributed by atoms with E-state index in [9.17, 15) is 10.4 Å². The Morgan fingerprint density at radius 2 is 1.55 bits per heavy atom. The zero-order valence-corrected chi connectivity index (χ0v) is 12.6. The van der Waals surface area contributed by atoms with Crippen LogP contribution in [0.25, 0.3) is 5.57 Å². The predicted octanol–water partition coefficient (Wildman–Crippen LogP) is 3.76. The normalized spacial score (nSPS) is 11.5. The van der Waals surface area contributed by atoms with E-state index in [1.54, 1.807) is 0 Å². The molecule has 2 aromatic rings. The van der Waals surface area contributed by atoms with Crippen molar-refractivity contribution in [2.45, 2.75) is 19.6 Å². The van der Waals surface area contributed by atoms with Crippen molar-refractivity contribution in [3.8, 4) is 6.07 Å². The lowest BCUT2D eigenvalue weighted by atomic mass is 9.93. The lowest BCUT2D eigenvalue weighted by molar-refractivity contribution is -0.0685. The molecule has 1 atom stereocenters. The van der Waals surface area contributed by atoms with Gasteiger partial charge in [0.2, 0.25) is 0 Å². The first-order valence-electron chi connectivity index (χ1n) is 7.32. The highest BCUT2D eigenvalue weighted by Crippen LogP contribution is 2.28. The Balaban J connectivity index is 2.56. The summed E-state index contributed by atoms with van der Waals surface area (Å²) in [4.78, 5) is 0. The van der Waals surface area contributed by atoms with Gasteiger partial charge in [-0.1, -0.05) is 67.6 Å². The maximum atomic E-state index is 10.2. The van der Waals surface area contributed by atoms with E-state index in [4.69, 9.17) is 4.74 Å². The maximum Gasteiger partial charge on any atom is 0.191 e. The van der Waals surface area contributed by atoms with Crippen LogP contribution >= 0.6 is 0 Å². The van der Waals surface area contributed by atoms with Gasteiger partial charge in [0.05, 0.1) is 5.57 Å². The van der Waals surface area contributed by atoms with Gasteiger partial charge in [0.15, 0.2) is 6.29 Å². The second kappa shape index (κ2) is 8.14. The first-order valence-corrected chi connectivity index (χ1v) is 7.32. The molecule has 22 heavy (non-hydrogen) atoms. The first kappa shape index (κ1) is 16.0. The van der Waals surface area contributed by atoms with E-state index in [0.29, 0.717) is 12.2 Å². The number of hydrogen-bond donors (Lipinski definition) is 1. The number of nitrogens with zero attached hydrogens (tertiary/aromatic N) is 1. The molecule has 1 unspecified atom stereocenters. The fourth-order valence-electron chi connectivity index (χ4n) is 2.23. The van der Waals surface area contributed by atoms with Crippen molar-refractivity contribution >= 4 is 5.57 Å². The van der Waals surface area contributed by atoms with Gasteiger partial charge in [-0.25, -0.2) is 0 Å². The Morgan fingerprint density at radius 1 is 1.05 bits per heavy atom. The van der Waals surface area contributed by atoms with E-state index < -0.39 is 6.29 Å². The van der Waals surface area contributed by atoms with Gasteiger partial charge in [-0.15, -0.1) is 0 Å². The molecule has 2 aromatic carbocycles. The number of benzene rings is 2. The van der Waals surface area contributed by atoms with Crippen LogP contribution in [0.1, 0.15) is 24.5 Å². The first-order chi connectivity index (χ1) is 10.8. The largest absolute Gasteiger partial charge is 0.364 e. The summed E-state index contributed by atoms with van der Waals surface area (Å²) in [6.45, 7) is 2.36. The summed E-state index contributed by atoms with van der Waals surface area (Å²) >= 11 is 0. The van der Waals surface area contributed by atoms with Gasteiger partial charge in [-0.2, -0.15) is 5.26 Å². The Hall–Kier alpha value is -2.41. The molecule has 112 valence electrons. The van der Waals surface area contributed by atoms with E-state index in [2.05, 4.69) is 6.07 Å². The quantitative estimate of drug-likeness (QED) is 0.651. The molecule has 0 aromatic heterocycles. The van der Waals surface area contributed by atoms with Crippen molar-refractivity contribution in [2.75, 3.05) is 6.61 Å². The van der Waals surface area contributed by atoms with Gasteiger partial charge in [0, 0.05) is 12.2 Å². The van der Waals surface area contributed by atoms with Gasteiger partial charge in [0.1, 0.15) is 6.07 Å². The van der Waals surface area contributed by atoms with Gasteiger partial charge in [-0.05, 0) is 17.5 Å². The van der Waals surface area contributed by atoms with Crippen LogP contribution in [0.3, 0.4) is 0 Å². The number of aliphatic hydroxyl groups excluding tert-OH is 1. The minimum absolute atomic E-state index is 0.228. The molecular formula is C19H19NO2. The van der Waals surface area contributed by atoms with Crippen LogP contribution in [-0.4, -0.2) is 18.0 Å². The second-order valence-electron chi connectivity index (χ2n) is 4.86. The van der Waals surface area contributed by atoms with Crippen LogP contribution in [-0.2, 0) is 4.74 Å². The lowest BCUT2D eigenvalue weighted by Gasteiger charge is -2.16. The van der Waals surface area contributed by atoms with E-state index in [1.165, 1.54) is 0 Å². The Morgan fingerprint density at radius 3 is 1.95 bits per heavy atom. The minimum Gasteiger partial charge on any atom is -0.364 e. The molecule has 0 fully saturated rings. The van der Waals surface area contributed by atoms with Crippen LogP contribution in [0.15, 0.2) is 66.2 Å². The standard InChI is InChI=1S/C19H19NO2/c1-2-13-22-19(21)17(14-20)18(15-9-5-3-6-10-15)16-11-7-4-8-12-16/h3-12,19,21H,2,13H2,1H3. The van der Waals surface area contributed by atoms with Crippen LogP contribution in [0.2, 0.25) is 0 Å². The molecule has 0 radical (unpaired) electrons. The zero-order chi connectivity index (χ0) is 15.8. The van der Waals surface area contributed by atoms with Gasteiger partial charge in [0.25, 0.3) is 0 Å². The molecule has 0 amide bonds. The Bertz CT molecular complexity index is 615. The summed E-state index contributed by atoms with van der Waals surface area (Å²) in [6, 6.07) is 21.3. The summed E-state index contributed by atoms with van der Waals surface area (Å²) in [5, 5.41) is 19.8. The average molecular weight is 293 g/mol. The van der Waals surface area contributed by atoms with Crippen molar-refractivity contribution < 1.29 is 9.84 Å². The highest BCUT2D eigenvalue weighted by Gasteiger charge is 2.19. The molecule has 0 aliphatic heterocycles. The topological polar surface area (TPSA) is 53.2 Å². The SMILES string of the molecule is CCCOC(O)C(C#N)=C(c1ccccc1)c1ccccc1. The van der Waals surface area contributed by atoms with Gasteiger partial charge < -0.3 is 9.84 Å². The molecule has 0 spiro atoms. The number of rotatable bonds is 6. The molecule has 0 aliphatic carbocycles. The average Bonchev–Trinajstić information content (AvgIpc) is 2.59. The van der Waals surface area contributed by atoms with Gasteiger partial charge in [-0.3, -0.25) is 0 Å². The number of nitriles is 1. The van der Waals surface area contributed by atoms with Crippen LogP contribution in [0.4, 0.5) is 0 Å². The van der Waals surface area contributed by atoms with Crippen molar-refractivity contribution in [1.29, 1.82) is 5.26 Å². The molecule has 1 N–H and O–H groups in total. The molecule has 0 aliphatic rings. The summed E-state index contributed by atoms with van der Waals surface area (Å²) in [5.74, 6) is 0. The maximum absolute atomic E-state index is 10.2. The van der Waals surface area contributed by atoms with Crippen molar-refractivity contribution in [3.05, 3.63) is 77.4 Å². The molecule has 0 bridgehead atoms. The zero-order valence-electron chi connectivity index (χ0n) is 12.6. The van der Waals surface area contributed by atoms with E-state index in [-0.39, 0.29) is 5.57 Å². The Labute approximate surface area is 131 Å². The minimum atomic E-state index is -1.22. The molecule has 3 nitrogen and oxygen atoms in total. The second-order valence-corrected chi connectivity index (χ2v) is 4.86. The monoisotopic (exact) mass is 293 g/mol. The van der Waals surface area contributed by atoms with E-state index in [1.807, 2.05) is 67.6 Å². The van der Waals surface area contributed by atoms with E-state index >= 15 is 0 Å². The highest BCUT2D eigenvalue weighted by molar-refractivity contribution is 5.84. The summed E-state index contributed by atoms with van der Waals surface area (Å²) in [6.07, 6.45) is -0.442. The third kappa shape index (κ3) is 3.82. The fraction of sp³-hybridized carbons (Fsp3) is 0.211. The molecule has 0 heterocycles. The molecule has 2 rings (SSSR count). The molecule has 3 heteroatoms. The van der Waals surface area contributed by atoms with Crippen LogP contribution in [0.5, 0.6) is 0 Å². The predicted molar refractivity (Wildman–Crippen MR) is 86.8 cm³/mol. The summed E-state index contributed by atoms with van der Waals surface area (Å²) in [7, 11) is 0. The molecule has 0 saturated heterocycles. The van der Waals surface area contributed by atoms with Crippen LogP contribution < -0.4 is 0 Å². The summed E-state index contributed by atoms with van der Waals surface area (Å²) in [5.41, 5.74) is 2.69. The third-order valence-corrected chi connectivity index (χ3v) is 3.24. The van der Waals surface area contributed by atoms with Crippen molar-refractivity contribution in [1.82, 2.24) is 0 Å². The number of ether oxygens (including phenoxy) is 1. The molecular weight excluding hydrogens is 274 g/mol. The molecule has 0 saturated carbocycles. The number of hydrogen-bond acceptors (Lipinski definition) is 3.